The molecule has 2 aliphatic rings. The molecule has 0 aromatic rings. The van der Waals surface area contributed by atoms with E-state index >= 15 is 0 Å². The average Bonchev–Trinajstić information content (AvgIpc) is 2.16. The Bertz CT molecular complexity index is 319. The van der Waals surface area contributed by atoms with E-state index in [1.165, 1.54) is 0 Å². The minimum Gasteiger partial charge on any atom is -0.512 e. The molecule has 0 aromatic heterocycles. The Hall–Kier alpha value is -1.29. The first-order chi connectivity index (χ1) is 6.68. The van der Waals surface area contributed by atoms with Crippen molar-refractivity contribution in [2.75, 3.05) is 6.54 Å². The summed E-state index contributed by atoms with van der Waals surface area (Å²) in [6.07, 6.45) is 4.80. The lowest BCUT2D eigenvalue weighted by atomic mass is 9.81. The van der Waals surface area contributed by atoms with Gasteiger partial charge in [0.25, 0.3) is 0 Å². The highest BCUT2D eigenvalue weighted by Crippen LogP contribution is 2.31. The third kappa shape index (κ3) is 1.53. The number of aliphatic hydroxyl groups is 1. The molecule has 2 atom stereocenters. The van der Waals surface area contributed by atoms with Crippen molar-refractivity contribution in [3.63, 3.8) is 0 Å². The molecule has 0 saturated carbocycles. The van der Waals surface area contributed by atoms with Gasteiger partial charge in [-0.1, -0.05) is 6.08 Å². The van der Waals surface area contributed by atoms with Crippen LogP contribution in [0.15, 0.2) is 23.5 Å². The van der Waals surface area contributed by atoms with Crippen molar-refractivity contribution in [2.24, 2.45) is 5.92 Å². The summed E-state index contributed by atoms with van der Waals surface area (Å²) < 4.78 is 0. The van der Waals surface area contributed by atoms with Crippen molar-refractivity contribution in [3.05, 3.63) is 23.5 Å². The Morgan fingerprint density at radius 1 is 1.50 bits per heavy atom. The minimum atomic E-state index is -0.837. The number of hydrogen-bond acceptors (Lipinski definition) is 3. The number of hydrogen-bond donors (Lipinski definition) is 3. The molecule has 1 aliphatic heterocycles. The third-order valence-electron chi connectivity index (χ3n) is 2.82. The predicted octanol–water partition coefficient (Wildman–Crippen LogP) is 0.821. The van der Waals surface area contributed by atoms with Crippen LogP contribution in [0.2, 0.25) is 0 Å². The van der Waals surface area contributed by atoms with Crippen molar-refractivity contribution in [1.29, 1.82) is 0 Å². The zero-order valence-corrected chi connectivity index (χ0v) is 7.73. The van der Waals surface area contributed by atoms with Crippen LogP contribution in [0, 0.1) is 5.92 Å². The van der Waals surface area contributed by atoms with Gasteiger partial charge in [0.1, 0.15) is 6.04 Å². The number of rotatable bonds is 1. The fraction of sp³-hybridized carbons (Fsp3) is 0.500. The molecule has 1 aliphatic carbocycles. The first-order valence-corrected chi connectivity index (χ1v) is 4.74. The molecule has 1 heterocycles. The molecule has 4 heteroatoms. The van der Waals surface area contributed by atoms with Crippen LogP contribution in [0.4, 0.5) is 0 Å². The van der Waals surface area contributed by atoms with Gasteiger partial charge < -0.3 is 15.5 Å². The highest BCUT2D eigenvalue weighted by atomic mass is 16.4. The van der Waals surface area contributed by atoms with E-state index in [2.05, 4.69) is 5.32 Å². The van der Waals surface area contributed by atoms with Gasteiger partial charge in [-0.15, -0.1) is 0 Å². The minimum absolute atomic E-state index is 0.197. The van der Waals surface area contributed by atoms with Gasteiger partial charge in [-0.05, 0) is 30.5 Å². The van der Waals surface area contributed by atoms with Crippen molar-refractivity contribution in [1.82, 2.24) is 5.32 Å². The van der Waals surface area contributed by atoms with Crippen LogP contribution in [0.25, 0.3) is 0 Å². The predicted molar refractivity (Wildman–Crippen MR) is 50.9 cm³/mol. The second-order valence-electron chi connectivity index (χ2n) is 3.74. The molecule has 14 heavy (non-hydrogen) atoms. The molecule has 0 radical (unpaired) electrons. The van der Waals surface area contributed by atoms with E-state index < -0.39 is 12.0 Å². The lowest BCUT2D eigenvalue weighted by molar-refractivity contribution is -0.138. The van der Waals surface area contributed by atoms with Crippen LogP contribution in [0.5, 0.6) is 0 Å². The van der Waals surface area contributed by atoms with E-state index in [9.17, 15) is 9.90 Å². The van der Waals surface area contributed by atoms with Crippen molar-refractivity contribution in [3.8, 4) is 0 Å². The second kappa shape index (κ2) is 3.46. The van der Waals surface area contributed by atoms with E-state index in [-0.39, 0.29) is 5.92 Å². The molecule has 76 valence electrons. The maximum absolute atomic E-state index is 10.9. The standard InChI is InChI=1S/C10H13NO3/c12-7-1-2-8-6(5-7)3-4-11-9(8)10(13)14/h1-2,6,9,11-12H,3-5H2,(H,13,14). The number of carbonyl (C=O) groups is 1. The van der Waals surface area contributed by atoms with Crippen LogP contribution in [-0.4, -0.2) is 28.8 Å². The van der Waals surface area contributed by atoms with Crippen molar-refractivity contribution < 1.29 is 15.0 Å². The molecule has 3 N–H and O–H groups in total. The number of fused-ring (bicyclic) bond motifs is 1. The number of nitrogens with one attached hydrogen (secondary N) is 1. The smallest absolute Gasteiger partial charge is 0.325 e. The molecule has 0 spiro atoms. The van der Waals surface area contributed by atoms with Crippen LogP contribution in [0.3, 0.4) is 0 Å². The summed E-state index contributed by atoms with van der Waals surface area (Å²) in [5.41, 5.74) is 0.890. The molecule has 0 aromatic carbocycles. The van der Waals surface area contributed by atoms with E-state index in [1.54, 1.807) is 12.2 Å². The van der Waals surface area contributed by atoms with Crippen molar-refractivity contribution in [2.45, 2.75) is 18.9 Å². The quantitative estimate of drug-likeness (QED) is 0.579. The lowest BCUT2D eigenvalue weighted by Gasteiger charge is -2.32. The molecule has 1 saturated heterocycles. The first-order valence-electron chi connectivity index (χ1n) is 4.74. The van der Waals surface area contributed by atoms with Gasteiger partial charge in [0, 0.05) is 6.42 Å². The number of carboxylic acids is 1. The van der Waals surface area contributed by atoms with Crippen LogP contribution < -0.4 is 5.32 Å². The van der Waals surface area contributed by atoms with Gasteiger partial charge in [0.05, 0.1) is 5.76 Å². The Labute approximate surface area is 81.9 Å². The van der Waals surface area contributed by atoms with Crippen LogP contribution in [-0.2, 0) is 4.79 Å². The molecule has 0 amide bonds. The zero-order valence-electron chi connectivity index (χ0n) is 7.73. The maximum Gasteiger partial charge on any atom is 0.325 e. The van der Waals surface area contributed by atoms with Gasteiger partial charge in [-0.2, -0.15) is 0 Å². The van der Waals surface area contributed by atoms with Gasteiger partial charge >= 0.3 is 5.97 Å². The number of piperidine rings is 1. The highest BCUT2D eigenvalue weighted by Gasteiger charge is 2.33. The average molecular weight is 195 g/mol. The summed E-state index contributed by atoms with van der Waals surface area (Å²) in [6, 6.07) is -0.571. The molecule has 4 nitrogen and oxygen atoms in total. The summed E-state index contributed by atoms with van der Waals surface area (Å²) in [7, 11) is 0. The largest absolute Gasteiger partial charge is 0.512 e. The molecule has 2 unspecified atom stereocenters. The summed E-state index contributed by atoms with van der Waals surface area (Å²) in [5.74, 6) is -0.289. The zero-order chi connectivity index (χ0) is 10.1. The molecule has 0 bridgehead atoms. The van der Waals surface area contributed by atoms with Crippen molar-refractivity contribution >= 4 is 5.97 Å². The Kier molecular flexibility index (Phi) is 2.29. The molecular weight excluding hydrogens is 182 g/mol. The monoisotopic (exact) mass is 195 g/mol. The van der Waals surface area contributed by atoms with Gasteiger partial charge in [0.15, 0.2) is 0 Å². The number of aliphatic carboxylic acids is 1. The first kappa shape index (κ1) is 9.27. The van der Waals surface area contributed by atoms with E-state index in [0.717, 1.165) is 12.0 Å². The summed E-state index contributed by atoms with van der Waals surface area (Å²) in [6.45, 7) is 0.701. The van der Waals surface area contributed by atoms with Gasteiger partial charge in [-0.3, -0.25) is 4.79 Å². The van der Waals surface area contributed by atoms with Crippen LogP contribution >= 0.6 is 0 Å². The SMILES string of the molecule is O=C(O)C1NCCC2CC(O)=CC=C21. The normalized spacial score (nSPS) is 31.4. The Morgan fingerprint density at radius 3 is 3.00 bits per heavy atom. The fourth-order valence-electron chi connectivity index (χ4n) is 2.12. The topological polar surface area (TPSA) is 69.6 Å². The lowest BCUT2D eigenvalue weighted by Crippen LogP contribution is -2.46. The highest BCUT2D eigenvalue weighted by molar-refractivity contribution is 5.78. The molecular formula is C10H13NO3. The van der Waals surface area contributed by atoms with E-state index in [0.29, 0.717) is 18.7 Å². The number of aliphatic hydroxyl groups excluding tert-OH is 1. The van der Waals surface area contributed by atoms with E-state index in [1.807, 2.05) is 0 Å². The molecule has 1 fully saturated rings. The summed E-state index contributed by atoms with van der Waals surface area (Å²) >= 11 is 0. The number of carboxylic acid groups (broad SMARTS) is 1. The maximum atomic E-state index is 10.9. The third-order valence-corrected chi connectivity index (χ3v) is 2.82. The van der Waals surface area contributed by atoms with Crippen LogP contribution in [0.1, 0.15) is 12.8 Å². The second-order valence-corrected chi connectivity index (χ2v) is 3.74. The van der Waals surface area contributed by atoms with Gasteiger partial charge in [-0.25, -0.2) is 0 Å². The van der Waals surface area contributed by atoms with Gasteiger partial charge in [0.2, 0.25) is 0 Å². The van der Waals surface area contributed by atoms with E-state index in [4.69, 9.17) is 5.11 Å². The number of allylic oxidation sites excluding steroid dienone is 3. The summed E-state index contributed by atoms with van der Waals surface area (Å²) in [5, 5.41) is 21.2. The summed E-state index contributed by atoms with van der Waals surface area (Å²) in [4.78, 5) is 10.9. The Morgan fingerprint density at radius 2 is 2.29 bits per heavy atom. The Balaban J connectivity index is 2.26. The molecule has 2 rings (SSSR count). The fourth-order valence-corrected chi connectivity index (χ4v) is 2.12.